The first-order valence-corrected chi connectivity index (χ1v) is 7.39. The number of hydrogen-bond donors (Lipinski definition) is 1. The summed E-state index contributed by atoms with van der Waals surface area (Å²) >= 11 is 0. The predicted octanol–water partition coefficient (Wildman–Crippen LogP) is 4.01. The van der Waals surface area contributed by atoms with Gasteiger partial charge in [0.25, 0.3) is 0 Å². The second-order valence-electron chi connectivity index (χ2n) is 6.07. The van der Waals surface area contributed by atoms with E-state index in [2.05, 4.69) is 45.3 Å². The van der Waals surface area contributed by atoms with Crippen molar-refractivity contribution in [3.05, 3.63) is 28.8 Å². The van der Waals surface area contributed by atoms with Gasteiger partial charge in [-0.15, -0.1) is 0 Å². The van der Waals surface area contributed by atoms with Crippen molar-refractivity contribution in [2.75, 3.05) is 14.2 Å². The molecule has 1 saturated carbocycles. The molecule has 0 radical (unpaired) electrons. The fourth-order valence-electron chi connectivity index (χ4n) is 3.53. The third kappa shape index (κ3) is 2.79. The zero-order valence-corrected chi connectivity index (χ0v) is 12.9. The lowest BCUT2D eigenvalue weighted by Gasteiger charge is -2.26. The SMILES string of the molecule is CNC(c1ccc(C)c(C)c1OC)C1CCC(C)C1. The average Bonchev–Trinajstić information content (AvgIpc) is 2.81. The molecule has 1 fully saturated rings. The van der Waals surface area contributed by atoms with Crippen LogP contribution in [-0.4, -0.2) is 14.2 Å². The lowest BCUT2D eigenvalue weighted by atomic mass is 9.88. The van der Waals surface area contributed by atoms with Crippen LogP contribution in [0.5, 0.6) is 5.75 Å². The highest BCUT2D eigenvalue weighted by Crippen LogP contribution is 2.42. The van der Waals surface area contributed by atoms with Crippen molar-refractivity contribution in [3.8, 4) is 5.75 Å². The number of rotatable bonds is 4. The van der Waals surface area contributed by atoms with Crippen molar-refractivity contribution in [2.24, 2.45) is 11.8 Å². The molecule has 0 aromatic heterocycles. The van der Waals surface area contributed by atoms with Crippen LogP contribution >= 0.6 is 0 Å². The number of aryl methyl sites for hydroxylation is 1. The molecule has 1 aromatic rings. The largest absolute Gasteiger partial charge is 0.496 e. The van der Waals surface area contributed by atoms with Gasteiger partial charge in [0.15, 0.2) is 0 Å². The van der Waals surface area contributed by atoms with Crippen molar-refractivity contribution in [1.29, 1.82) is 0 Å². The lowest BCUT2D eigenvalue weighted by Crippen LogP contribution is -2.24. The Morgan fingerprint density at radius 1 is 1.26 bits per heavy atom. The van der Waals surface area contributed by atoms with Crippen LogP contribution in [0.1, 0.15) is 48.9 Å². The van der Waals surface area contributed by atoms with Gasteiger partial charge in [-0.1, -0.05) is 25.5 Å². The van der Waals surface area contributed by atoms with Gasteiger partial charge < -0.3 is 10.1 Å². The first-order valence-electron chi connectivity index (χ1n) is 7.39. The van der Waals surface area contributed by atoms with E-state index in [0.717, 1.165) is 17.6 Å². The fourth-order valence-corrected chi connectivity index (χ4v) is 3.53. The van der Waals surface area contributed by atoms with Gasteiger partial charge in [0.1, 0.15) is 5.75 Å². The van der Waals surface area contributed by atoms with E-state index in [0.29, 0.717) is 6.04 Å². The molecule has 3 unspecified atom stereocenters. The molecule has 19 heavy (non-hydrogen) atoms. The summed E-state index contributed by atoms with van der Waals surface area (Å²) in [5.74, 6) is 2.66. The van der Waals surface area contributed by atoms with E-state index in [4.69, 9.17) is 4.74 Å². The topological polar surface area (TPSA) is 21.3 Å². The van der Waals surface area contributed by atoms with Gasteiger partial charge in [0, 0.05) is 11.6 Å². The molecule has 2 heteroatoms. The van der Waals surface area contributed by atoms with Crippen LogP contribution in [0.4, 0.5) is 0 Å². The van der Waals surface area contributed by atoms with Gasteiger partial charge in [0.05, 0.1) is 7.11 Å². The Morgan fingerprint density at radius 3 is 2.53 bits per heavy atom. The summed E-state index contributed by atoms with van der Waals surface area (Å²) < 4.78 is 5.69. The summed E-state index contributed by atoms with van der Waals surface area (Å²) in [6.07, 6.45) is 4.00. The Bertz CT molecular complexity index is 441. The molecule has 1 N–H and O–H groups in total. The molecule has 106 valence electrons. The molecule has 1 aliphatic rings. The van der Waals surface area contributed by atoms with Gasteiger partial charge in [-0.05, 0) is 56.7 Å². The van der Waals surface area contributed by atoms with Crippen molar-refractivity contribution >= 4 is 0 Å². The van der Waals surface area contributed by atoms with Gasteiger partial charge >= 0.3 is 0 Å². The number of methoxy groups -OCH3 is 1. The molecule has 0 spiro atoms. The number of benzene rings is 1. The van der Waals surface area contributed by atoms with E-state index >= 15 is 0 Å². The molecule has 0 amide bonds. The van der Waals surface area contributed by atoms with Crippen LogP contribution in [0.2, 0.25) is 0 Å². The van der Waals surface area contributed by atoms with Crippen LogP contribution in [0, 0.1) is 25.7 Å². The third-order valence-electron chi connectivity index (χ3n) is 4.76. The zero-order chi connectivity index (χ0) is 14.0. The van der Waals surface area contributed by atoms with Crippen LogP contribution in [-0.2, 0) is 0 Å². The Hall–Kier alpha value is -1.02. The normalized spacial score (nSPS) is 24.5. The highest BCUT2D eigenvalue weighted by molar-refractivity contribution is 5.47. The summed E-state index contributed by atoms with van der Waals surface area (Å²) in [5, 5.41) is 3.52. The summed E-state index contributed by atoms with van der Waals surface area (Å²) in [6.45, 7) is 6.67. The molecule has 1 aliphatic carbocycles. The van der Waals surface area contributed by atoms with Gasteiger partial charge in [0.2, 0.25) is 0 Å². The van der Waals surface area contributed by atoms with E-state index in [9.17, 15) is 0 Å². The molecule has 2 rings (SSSR count). The van der Waals surface area contributed by atoms with Crippen molar-refractivity contribution in [3.63, 3.8) is 0 Å². The lowest BCUT2D eigenvalue weighted by molar-refractivity contribution is 0.352. The van der Waals surface area contributed by atoms with Crippen LogP contribution in [0.25, 0.3) is 0 Å². The summed E-state index contributed by atoms with van der Waals surface area (Å²) in [4.78, 5) is 0. The maximum absolute atomic E-state index is 5.69. The van der Waals surface area contributed by atoms with E-state index in [-0.39, 0.29) is 0 Å². The molecule has 0 heterocycles. The maximum Gasteiger partial charge on any atom is 0.126 e. The number of nitrogens with one attached hydrogen (secondary N) is 1. The summed E-state index contributed by atoms with van der Waals surface area (Å²) in [6, 6.07) is 4.88. The minimum absolute atomic E-state index is 0.416. The van der Waals surface area contributed by atoms with Crippen LogP contribution in [0.15, 0.2) is 12.1 Å². The van der Waals surface area contributed by atoms with Gasteiger partial charge in [-0.25, -0.2) is 0 Å². The quantitative estimate of drug-likeness (QED) is 0.884. The molecular formula is C17H27NO. The summed E-state index contributed by atoms with van der Waals surface area (Å²) in [7, 11) is 3.86. The Balaban J connectivity index is 2.35. The Morgan fingerprint density at radius 2 is 2.00 bits per heavy atom. The van der Waals surface area contributed by atoms with Gasteiger partial charge in [-0.2, -0.15) is 0 Å². The zero-order valence-electron chi connectivity index (χ0n) is 12.9. The highest BCUT2D eigenvalue weighted by Gasteiger charge is 2.30. The fraction of sp³-hybridized carbons (Fsp3) is 0.647. The minimum atomic E-state index is 0.416. The van der Waals surface area contributed by atoms with E-state index in [1.807, 2.05) is 0 Å². The molecular weight excluding hydrogens is 234 g/mol. The molecule has 0 aliphatic heterocycles. The first kappa shape index (κ1) is 14.4. The minimum Gasteiger partial charge on any atom is -0.496 e. The van der Waals surface area contributed by atoms with Crippen molar-refractivity contribution < 1.29 is 4.74 Å². The van der Waals surface area contributed by atoms with E-state index in [1.54, 1.807) is 7.11 Å². The smallest absolute Gasteiger partial charge is 0.126 e. The van der Waals surface area contributed by atoms with E-state index in [1.165, 1.54) is 36.0 Å². The molecule has 0 saturated heterocycles. The van der Waals surface area contributed by atoms with Crippen molar-refractivity contribution in [2.45, 2.75) is 46.1 Å². The standard InChI is InChI=1S/C17H27NO/c1-11-6-8-14(10-11)16(18-4)15-9-7-12(2)13(3)17(15)19-5/h7,9,11,14,16,18H,6,8,10H2,1-5H3. The molecule has 0 bridgehead atoms. The number of ether oxygens (including phenoxy) is 1. The molecule has 2 nitrogen and oxygen atoms in total. The average molecular weight is 261 g/mol. The van der Waals surface area contributed by atoms with Crippen LogP contribution in [0.3, 0.4) is 0 Å². The van der Waals surface area contributed by atoms with Gasteiger partial charge in [-0.3, -0.25) is 0 Å². The first-order chi connectivity index (χ1) is 9.08. The number of hydrogen-bond acceptors (Lipinski definition) is 2. The Labute approximate surface area is 117 Å². The Kier molecular flexibility index (Phi) is 4.51. The predicted molar refractivity (Wildman–Crippen MR) is 80.8 cm³/mol. The molecule has 3 atom stereocenters. The summed E-state index contributed by atoms with van der Waals surface area (Å²) in [5.41, 5.74) is 3.90. The maximum atomic E-state index is 5.69. The second-order valence-corrected chi connectivity index (χ2v) is 6.07. The monoisotopic (exact) mass is 261 g/mol. The second kappa shape index (κ2) is 5.96. The third-order valence-corrected chi connectivity index (χ3v) is 4.76. The van der Waals surface area contributed by atoms with Crippen LogP contribution < -0.4 is 10.1 Å². The highest BCUT2D eigenvalue weighted by atomic mass is 16.5. The van der Waals surface area contributed by atoms with Crippen molar-refractivity contribution in [1.82, 2.24) is 5.32 Å². The van der Waals surface area contributed by atoms with E-state index < -0.39 is 0 Å². The molecule has 1 aromatic carbocycles.